The maximum Gasteiger partial charge on any atom is 0.234 e. The molecule has 3 aromatic rings. The van der Waals surface area contributed by atoms with E-state index in [2.05, 4.69) is 27.4 Å². The number of H-pyrrole nitrogens is 1. The molecule has 1 heterocycles. The molecular weight excluding hydrogens is 339 g/mol. The molecule has 25 heavy (non-hydrogen) atoms. The van der Waals surface area contributed by atoms with E-state index >= 15 is 0 Å². The number of aromatic nitrogens is 3. The third kappa shape index (κ3) is 4.45. The fourth-order valence-electron chi connectivity index (χ4n) is 2.24. The number of benzene rings is 2. The minimum atomic E-state index is -0.372. The minimum Gasteiger partial charge on any atom is -0.325 e. The number of anilines is 1. The molecule has 3 rings (SSSR count). The number of carbonyl (C=O) groups excluding carboxylic acids is 1. The van der Waals surface area contributed by atoms with Gasteiger partial charge < -0.3 is 5.32 Å². The molecule has 0 aliphatic rings. The summed E-state index contributed by atoms with van der Waals surface area (Å²) in [7, 11) is 0. The van der Waals surface area contributed by atoms with Crippen LogP contribution in [0.5, 0.6) is 0 Å². The lowest BCUT2D eigenvalue weighted by molar-refractivity contribution is -0.113. The van der Waals surface area contributed by atoms with Crippen molar-refractivity contribution in [2.45, 2.75) is 18.5 Å². The van der Waals surface area contributed by atoms with Gasteiger partial charge in [0.2, 0.25) is 11.1 Å². The molecular formula is C18H17FN4OS. The zero-order valence-corrected chi connectivity index (χ0v) is 14.4. The number of carbonyl (C=O) groups is 1. The van der Waals surface area contributed by atoms with Crippen LogP contribution >= 0.6 is 11.8 Å². The number of hydrogen-bond donors (Lipinski definition) is 2. The minimum absolute atomic E-state index is 0.147. The molecule has 2 aromatic carbocycles. The van der Waals surface area contributed by atoms with Crippen molar-refractivity contribution in [2.24, 2.45) is 0 Å². The lowest BCUT2D eigenvalue weighted by Gasteiger charge is -2.04. The Morgan fingerprint density at radius 2 is 1.96 bits per heavy atom. The zero-order chi connectivity index (χ0) is 17.6. The molecule has 0 saturated heterocycles. The second kappa shape index (κ2) is 7.94. The SMILES string of the molecule is CCc1ccc(NC(=O)CSc2n[nH]c(-c3ccccc3F)n2)cc1. The van der Waals surface area contributed by atoms with Crippen molar-refractivity contribution in [3.8, 4) is 11.4 Å². The molecule has 0 saturated carbocycles. The van der Waals surface area contributed by atoms with Crippen LogP contribution in [0.15, 0.2) is 53.7 Å². The molecule has 1 amide bonds. The normalized spacial score (nSPS) is 10.6. The predicted octanol–water partition coefficient (Wildman–Crippen LogP) is 3.90. The average Bonchev–Trinajstić information content (AvgIpc) is 3.10. The fraction of sp³-hybridized carbons (Fsp3) is 0.167. The van der Waals surface area contributed by atoms with Crippen LogP contribution in [0.1, 0.15) is 12.5 Å². The molecule has 0 unspecified atom stereocenters. The summed E-state index contributed by atoms with van der Waals surface area (Å²) in [5.74, 6) is -0.00416. The van der Waals surface area contributed by atoms with Crippen molar-refractivity contribution in [1.29, 1.82) is 0 Å². The fourth-order valence-corrected chi connectivity index (χ4v) is 2.83. The summed E-state index contributed by atoms with van der Waals surface area (Å²) in [4.78, 5) is 16.2. The summed E-state index contributed by atoms with van der Waals surface area (Å²) >= 11 is 1.19. The maximum atomic E-state index is 13.7. The molecule has 7 heteroatoms. The highest BCUT2D eigenvalue weighted by molar-refractivity contribution is 7.99. The highest BCUT2D eigenvalue weighted by Gasteiger charge is 2.11. The van der Waals surface area contributed by atoms with Crippen molar-refractivity contribution in [3.63, 3.8) is 0 Å². The van der Waals surface area contributed by atoms with Gasteiger partial charge in [-0.15, -0.1) is 5.10 Å². The van der Waals surface area contributed by atoms with Crippen LogP contribution in [-0.4, -0.2) is 26.8 Å². The quantitative estimate of drug-likeness (QED) is 0.657. The summed E-state index contributed by atoms with van der Waals surface area (Å²) in [6.45, 7) is 2.08. The number of nitrogens with one attached hydrogen (secondary N) is 2. The Morgan fingerprint density at radius 3 is 2.68 bits per heavy atom. The summed E-state index contributed by atoms with van der Waals surface area (Å²) in [5.41, 5.74) is 2.32. The Labute approximate surface area is 149 Å². The Morgan fingerprint density at radius 1 is 1.20 bits per heavy atom. The van der Waals surface area contributed by atoms with Gasteiger partial charge in [-0.1, -0.05) is 43.0 Å². The number of rotatable bonds is 6. The number of amides is 1. The van der Waals surface area contributed by atoms with E-state index in [4.69, 9.17) is 0 Å². The van der Waals surface area contributed by atoms with E-state index < -0.39 is 0 Å². The number of hydrogen-bond acceptors (Lipinski definition) is 4. The summed E-state index contributed by atoms with van der Waals surface area (Å²) < 4.78 is 13.7. The van der Waals surface area contributed by atoms with Gasteiger partial charge >= 0.3 is 0 Å². The summed E-state index contributed by atoms with van der Waals surface area (Å²) in [6.07, 6.45) is 0.958. The first-order valence-electron chi connectivity index (χ1n) is 7.84. The van der Waals surface area contributed by atoms with Gasteiger partial charge in [-0.3, -0.25) is 9.89 Å². The van der Waals surface area contributed by atoms with Crippen LogP contribution in [0.25, 0.3) is 11.4 Å². The lowest BCUT2D eigenvalue weighted by atomic mass is 10.1. The lowest BCUT2D eigenvalue weighted by Crippen LogP contribution is -2.14. The Hall–Kier alpha value is -2.67. The van der Waals surface area contributed by atoms with Gasteiger partial charge in [-0.25, -0.2) is 9.37 Å². The molecule has 0 fully saturated rings. The highest BCUT2D eigenvalue weighted by atomic mass is 32.2. The third-order valence-electron chi connectivity index (χ3n) is 3.57. The van der Waals surface area contributed by atoms with Crippen molar-refractivity contribution in [3.05, 3.63) is 59.9 Å². The first-order chi connectivity index (χ1) is 12.2. The third-order valence-corrected chi connectivity index (χ3v) is 4.42. The first kappa shape index (κ1) is 17.2. The molecule has 2 N–H and O–H groups in total. The monoisotopic (exact) mass is 356 g/mol. The largest absolute Gasteiger partial charge is 0.325 e. The molecule has 0 aliphatic heterocycles. The molecule has 0 spiro atoms. The van der Waals surface area contributed by atoms with Crippen molar-refractivity contribution in [1.82, 2.24) is 15.2 Å². The van der Waals surface area contributed by atoms with E-state index in [1.54, 1.807) is 18.2 Å². The molecule has 0 bridgehead atoms. The smallest absolute Gasteiger partial charge is 0.234 e. The highest BCUT2D eigenvalue weighted by Crippen LogP contribution is 2.21. The van der Waals surface area contributed by atoms with Crippen molar-refractivity contribution in [2.75, 3.05) is 11.1 Å². The van der Waals surface area contributed by atoms with Gasteiger partial charge in [0.1, 0.15) is 5.82 Å². The van der Waals surface area contributed by atoms with Crippen molar-refractivity contribution < 1.29 is 9.18 Å². The van der Waals surface area contributed by atoms with Crippen LogP contribution in [0, 0.1) is 5.82 Å². The van der Waals surface area contributed by atoms with E-state index in [0.717, 1.165) is 12.1 Å². The molecule has 5 nitrogen and oxygen atoms in total. The summed E-state index contributed by atoms with van der Waals surface area (Å²) in [6, 6.07) is 14.1. The van der Waals surface area contributed by atoms with Crippen LogP contribution in [0.2, 0.25) is 0 Å². The number of halogens is 1. The number of aromatic amines is 1. The van der Waals surface area contributed by atoms with Crippen LogP contribution in [0.4, 0.5) is 10.1 Å². The molecule has 0 aliphatic carbocycles. The van der Waals surface area contributed by atoms with Crippen LogP contribution in [-0.2, 0) is 11.2 Å². The van der Waals surface area contributed by atoms with Crippen LogP contribution in [0.3, 0.4) is 0 Å². The van der Waals surface area contributed by atoms with Gasteiger partial charge in [0.05, 0.1) is 11.3 Å². The van der Waals surface area contributed by atoms with E-state index in [1.165, 1.54) is 23.4 Å². The molecule has 1 aromatic heterocycles. The van der Waals surface area contributed by atoms with Gasteiger partial charge in [-0.2, -0.15) is 0 Å². The zero-order valence-electron chi connectivity index (χ0n) is 13.6. The van der Waals surface area contributed by atoms with Crippen LogP contribution < -0.4 is 5.32 Å². The van der Waals surface area contributed by atoms with E-state index in [9.17, 15) is 9.18 Å². The molecule has 0 atom stereocenters. The Balaban J connectivity index is 1.56. The van der Waals surface area contributed by atoms with Gasteiger partial charge in [0.25, 0.3) is 0 Å². The van der Waals surface area contributed by atoms with E-state index in [1.807, 2.05) is 24.3 Å². The second-order valence-corrected chi connectivity index (χ2v) is 6.28. The van der Waals surface area contributed by atoms with Gasteiger partial charge in [0.15, 0.2) is 5.82 Å². The second-order valence-electron chi connectivity index (χ2n) is 5.33. The standard InChI is InChI=1S/C18H17FN4OS/c1-2-12-7-9-13(10-8-12)20-16(24)11-25-18-21-17(22-23-18)14-5-3-4-6-15(14)19/h3-10H,2,11H2,1H3,(H,20,24)(H,21,22,23). The van der Waals surface area contributed by atoms with Crippen molar-refractivity contribution >= 4 is 23.4 Å². The predicted molar refractivity (Wildman–Crippen MR) is 97.0 cm³/mol. The first-order valence-corrected chi connectivity index (χ1v) is 8.83. The van der Waals surface area contributed by atoms with Gasteiger partial charge in [-0.05, 0) is 36.2 Å². The summed E-state index contributed by atoms with van der Waals surface area (Å²) in [5, 5.41) is 9.93. The number of nitrogens with zero attached hydrogens (tertiary/aromatic N) is 2. The topological polar surface area (TPSA) is 70.7 Å². The molecule has 128 valence electrons. The van der Waals surface area contributed by atoms with E-state index in [0.29, 0.717) is 16.5 Å². The number of aryl methyl sites for hydroxylation is 1. The average molecular weight is 356 g/mol. The van der Waals surface area contributed by atoms with Gasteiger partial charge in [0, 0.05) is 5.69 Å². The molecule has 0 radical (unpaired) electrons. The van der Waals surface area contributed by atoms with E-state index in [-0.39, 0.29) is 17.5 Å². The Bertz CT molecular complexity index is 864. The maximum absolute atomic E-state index is 13.7. The number of thioether (sulfide) groups is 1. The Kier molecular flexibility index (Phi) is 5.45.